The lowest BCUT2D eigenvalue weighted by Crippen LogP contribution is -2.26. The van der Waals surface area contributed by atoms with E-state index in [0.717, 1.165) is 43.1 Å². The third kappa shape index (κ3) is 4.01. The molecule has 0 atom stereocenters. The minimum absolute atomic E-state index is 0.240. The number of aromatic nitrogens is 2. The Morgan fingerprint density at radius 1 is 0.969 bits per heavy atom. The maximum absolute atomic E-state index is 13.1. The van der Waals surface area contributed by atoms with Crippen LogP contribution in [0.25, 0.3) is 33.1 Å². The van der Waals surface area contributed by atoms with Crippen molar-refractivity contribution in [2.24, 2.45) is 0 Å². The number of aromatic amines is 1. The molecule has 2 heterocycles. The largest absolute Gasteiger partial charge is 0.353 e. The number of H-pyrrole nitrogens is 1. The van der Waals surface area contributed by atoms with Crippen LogP contribution in [0.15, 0.2) is 83.3 Å². The summed E-state index contributed by atoms with van der Waals surface area (Å²) in [6.07, 6.45) is 0.611. The lowest BCUT2D eigenvalue weighted by atomic mass is 10.1. The molecule has 6 heteroatoms. The van der Waals surface area contributed by atoms with Crippen LogP contribution in [-0.4, -0.2) is 22.4 Å². The highest BCUT2D eigenvalue weighted by atomic mass is 79.9. The Morgan fingerprint density at radius 3 is 2.59 bits per heavy atom. The molecule has 0 spiro atoms. The van der Waals surface area contributed by atoms with Gasteiger partial charge in [-0.3, -0.25) is 4.79 Å². The van der Waals surface area contributed by atoms with Crippen LogP contribution in [-0.2, 0) is 6.42 Å². The average molecular weight is 488 g/mol. The molecule has 4 nitrogen and oxygen atoms in total. The Bertz CT molecular complexity index is 1440. The fourth-order valence-electron chi connectivity index (χ4n) is 3.87. The standard InChI is InChI=1S/C26H19BrFN3O/c27-18-5-3-4-17(14-18)24-25-21(20-6-1-2-7-22(20)30-25)15-23(31-24)26(32)29-13-12-16-8-10-19(28)11-9-16/h1-11,14-15,30H,12-13H2,(H,29,32). The molecule has 0 bridgehead atoms. The molecule has 0 aliphatic heterocycles. The summed E-state index contributed by atoms with van der Waals surface area (Å²) < 4.78 is 14.0. The predicted molar refractivity (Wildman–Crippen MR) is 129 cm³/mol. The van der Waals surface area contributed by atoms with Gasteiger partial charge in [-0.15, -0.1) is 0 Å². The van der Waals surface area contributed by atoms with Crippen LogP contribution < -0.4 is 5.32 Å². The highest BCUT2D eigenvalue weighted by Gasteiger charge is 2.17. The van der Waals surface area contributed by atoms with Crippen LogP contribution in [0.1, 0.15) is 16.1 Å². The number of hydrogen-bond acceptors (Lipinski definition) is 2. The molecule has 5 rings (SSSR count). The van der Waals surface area contributed by atoms with Crippen molar-refractivity contribution >= 4 is 43.6 Å². The topological polar surface area (TPSA) is 57.8 Å². The van der Waals surface area contributed by atoms with Crippen molar-refractivity contribution in [2.75, 3.05) is 6.54 Å². The number of amides is 1. The third-order valence-corrected chi connectivity index (χ3v) is 5.93. The highest BCUT2D eigenvalue weighted by Crippen LogP contribution is 2.33. The van der Waals surface area contributed by atoms with Crippen LogP contribution in [0, 0.1) is 5.82 Å². The smallest absolute Gasteiger partial charge is 0.269 e. The van der Waals surface area contributed by atoms with Crippen LogP contribution in [0.3, 0.4) is 0 Å². The zero-order chi connectivity index (χ0) is 22.1. The number of hydrogen-bond donors (Lipinski definition) is 2. The molecule has 0 aliphatic carbocycles. The van der Waals surface area contributed by atoms with Gasteiger partial charge in [0.05, 0.1) is 11.2 Å². The Kier molecular flexibility index (Phi) is 5.45. The summed E-state index contributed by atoms with van der Waals surface area (Å²) in [5.41, 5.74) is 4.85. The number of pyridine rings is 1. The molecular weight excluding hydrogens is 469 g/mol. The number of nitrogens with one attached hydrogen (secondary N) is 2. The van der Waals surface area contributed by atoms with E-state index in [0.29, 0.717) is 18.7 Å². The monoisotopic (exact) mass is 487 g/mol. The van der Waals surface area contributed by atoms with Crippen LogP contribution in [0.4, 0.5) is 4.39 Å². The zero-order valence-corrected chi connectivity index (χ0v) is 18.6. The van der Waals surface area contributed by atoms with Crippen LogP contribution in [0.2, 0.25) is 0 Å². The van der Waals surface area contributed by atoms with E-state index in [2.05, 4.69) is 26.2 Å². The number of fused-ring (bicyclic) bond motifs is 3. The summed E-state index contributed by atoms with van der Waals surface area (Å²) in [5.74, 6) is -0.510. The molecule has 158 valence electrons. The third-order valence-electron chi connectivity index (χ3n) is 5.44. The van der Waals surface area contributed by atoms with Gasteiger partial charge in [-0.1, -0.05) is 58.4 Å². The van der Waals surface area contributed by atoms with Crippen molar-refractivity contribution in [3.63, 3.8) is 0 Å². The van der Waals surface area contributed by atoms with E-state index in [1.807, 2.05) is 54.6 Å². The maximum atomic E-state index is 13.1. The van der Waals surface area contributed by atoms with Crippen molar-refractivity contribution in [3.8, 4) is 11.3 Å². The first kappa shape index (κ1) is 20.4. The van der Waals surface area contributed by atoms with Gasteiger partial charge in [0.2, 0.25) is 0 Å². The van der Waals surface area contributed by atoms with E-state index in [1.165, 1.54) is 12.1 Å². The van der Waals surface area contributed by atoms with Crippen molar-refractivity contribution in [3.05, 3.63) is 100 Å². The molecular formula is C26H19BrFN3O. The lowest BCUT2D eigenvalue weighted by Gasteiger charge is -2.09. The fourth-order valence-corrected chi connectivity index (χ4v) is 4.27. The summed E-state index contributed by atoms with van der Waals surface area (Å²) in [6, 6.07) is 24.0. The van der Waals surface area contributed by atoms with Gasteiger partial charge >= 0.3 is 0 Å². The number of benzene rings is 3. The molecule has 5 aromatic rings. The number of nitrogens with zero attached hydrogens (tertiary/aromatic N) is 1. The Labute approximate surface area is 192 Å². The Balaban J connectivity index is 1.51. The molecule has 0 aliphatic rings. The van der Waals surface area contributed by atoms with Gasteiger partial charge in [0.25, 0.3) is 5.91 Å². The molecule has 0 unspecified atom stereocenters. The summed E-state index contributed by atoms with van der Waals surface area (Å²) in [5, 5.41) is 4.94. The van der Waals surface area contributed by atoms with Gasteiger partial charge in [0.15, 0.2) is 0 Å². The second kappa shape index (κ2) is 8.55. The van der Waals surface area contributed by atoms with E-state index in [4.69, 9.17) is 4.98 Å². The number of carbonyl (C=O) groups is 1. The fraction of sp³-hybridized carbons (Fsp3) is 0.0769. The number of halogens is 2. The number of carbonyl (C=O) groups excluding carboxylic acids is 1. The van der Waals surface area contributed by atoms with E-state index in [1.54, 1.807) is 12.1 Å². The van der Waals surface area contributed by atoms with Crippen molar-refractivity contribution in [1.29, 1.82) is 0 Å². The van der Waals surface area contributed by atoms with E-state index < -0.39 is 0 Å². The average Bonchev–Trinajstić information content (AvgIpc) is 3.18. The molecule has 32 heavy (non-hydrogen) atoms. The summed E-state index contributed by atoms with van der Waals surface area (Å²) in [4.78, 5) is 21.2. The highest BCUT2D eigenvalue weighted by molar-refractivity contribution is 9.10. The quantitative estimate of drug-likeness (QED) is 0.307. The first-order valence-corrected chi connectivity index (χ1v) is 11.1. The SMILES string of the molecule is O=C(NCCc1ccc(F)cc1)c1cc2c([nH]c3ccccc32)c(-c2cccc(Br)c2)n1. The van der Waals surface area contributed by atoms with Gasteiger partial charge in [-0.05, 0) is 48.4 Å². The minimum Gasteiger partial charge on any atom is -0.353 e. The second-order valence-electron chi connectivity index (χ2n) is 7.59. The van der Waals surface area contributed by atoms with E-state index in [9.17, 15) is 9.18 Å². The Morgan fingerprint density at radius 2 is 1.78 bits per heavy atom. The molecule has 1 amide bonds. The molecule has 0 radical (unpaired) electrons. The number of para-hydroxylation sites is 1. The van der Waals surface area contributed by atoms with Crippen molar-refractivity contribution < 1.29 is 9.18 Å². The van der Waals surface area contributed by atoms with Gasteiger partial charge in [0, 0.05) is 32.9 Å². The van der Waals surface area contributed by atoms with Gasteiger partial charge in [-0.2, -0.15) is 0 Å². The van der Waals surface area contributed by atoms with E-state index >= 15 is 0 Å². The molecule has 2 N–H and O–H groups in total. The first-order valence-electron chi connectivity index (χ1n) is 10.3. The normalized spacial score (nSPS) is 11.2. The predicted octanol–water partition coefficient (Wildman–Crippen LogP) is 6.26. The zero-order valence-electron chi connectivity index (χ0n) is 17.0. The molecule has 0 saturated heterocycles. The van der Waals surface area contributed by atoms with Gasteiger partial charge < -0.3 is 10.3 Å². The van der Waals surface area contributed by atoms with Crippen LogP contribution in [0.5, 0.6) is 0 Å². The molecule has 2 aromatic heterocycles. The summed E-state index contributed by atoms with van der Waals surface area (Å²) in [6.45, 7) is 0.435. The molecule has 3 aromatic carbocycles. The van der Waals surface area contributed by atoms with Gasteiger partial charge in [0.1, 0.15) is 11.5 Å². The van der Waals surface area contributed by atoms with Crippen LogP contribution >= 0.6 is 15.9 Å². The maximum Gasteiger partial charge on any atom is 0.269 e. The summed E-state index contributed by atoms with van der Waals surface area (Å²) in [7, 11) is 0. The second-order valence-corrected chi connectivity index (χ2v) is 8.51. The summed E-state index contributed by atoms with van der Waals surface area (Å²) >= 11 is 3.53. The molecule has 0 saturated carbocycles. The minimum atomic E-state index is -0.269. The number of rotatable bonds is 5. The van der Waals surface area contributed by atoms with Crippen molar-refractivity contribution in [1.82, 2.24) is 15.3 Å². The lowest BCUT2D eigenvalue weighted by molar-refractivity contribution is 0.0949. The van der Waals surface area contributed by atoms with E-state index in [-0.39, 0.29) is 11.7 Å². The van der Waals surface area contributed by atoms with Gasteiger partial charge in [-0.25, -0.2) is 9.37 Å². The first-order chi connectivity index (χ1) is 15.6. The molecule has 0 fully saturated rings. The Hall–Kier alpha value is -3.51. The van der Waals surface area contributed by atoms with Crippen molar-refractivity contribution in [2.45, 2.75) is 6.42 Å².